The lowest BCUT2D eigenvalue weighted by Gasteiger charge is -2.38. The number of carbonyl (C=O) groups excluding carboxylic acids is 1. The molecule has 3 heterocycles. The number of amides is 1. The summed E-state index contributed by atoms with van der Waals surface area (Å²) in [7, 11) is 0. The average molecular weight is 401 g/mol. The molecule has 152 valence electrons. The van der Waals surface area contributed by atoms with Gasteiger partial charge in [-0.05, 0) is 44.2 Å². The number of carbonyl (C=O) groups is 1. The standard InChI is InChI=1S/C23H23N5O2/c1-16-6-7-17(30-21-20-25-10-12-27(20)13-11-26-21)14-28(16)22(29)18-4-2-3-5-19(18)23(15-24)8-9-23/h2-5,10-13,16-17H,6-9,14H2,1H3/t16-,17-/m1/s1. The maximum atomic E-state index is 13.5. The average Bonchev–Trinajstić information content (AvgIpc) is 3.43. The van der Waals surface area contributed by atoms with Crippen LogP contribution in [0.3, 0.4) is 0 Å². The molecule has 7 nitrogen and oxygen atoms in total. The first-order valence-electron chi connectivity index (χ1n) is 10.4. The second-order valence-corrected chi connectivity index (χ2v) is 8.25. The summed E-state index contributed by atoms with van der Waals surface area (Å²) in [5.41, 5.74) is 1.67. The molecule has 0 N–H and O–H groups in total. The minimum absolute atomic E-state index is 0.0279. The third-order valence-electron chi connectivity index (χ3n) is 6.29. The van der Waals surface area contributed by atoms with Gasteiger partial charge in [0.15, 0.2) is 5.65 Å². The molecule has 0 bridgehead atoms. The molecule has 1 amide bonds. The number of fused-ring (bicyclic) bond motifs is 1. The number of likely N-dealkylation sites (tertiary alicyclic amines) is 1. The molecule has 0 radical (unpaired) electrons. The van der Waals surface area contributed by atoms with E-state index in [9.17, 15) is 10.1 Å². The van der Waals surface area contributed by atoms with Crippen molar-refractivity contribution in [3.63, 3.8) is 0 Å². The molecule has 1 saturated heterocycles. The number of benzene rings is 1. The first-order chi connectivity index (χ1) is 14.6. The van der Waals surface area contributed by atoms with Gasteiger partial charge in [-0.25, -0.2) is 9.97 Å². The minimum Gasteiger partial charge on any atom is -0.470 e. The van der Waals surface area contributed by atoms with Crippen LogP contribution in [0.2, 0.25) is 0 Å². The van der Waals surface area contributed by atoms with Crippen molar-refractivity contribution in [3.8, 4) is 11.9 Å². The van der Waals surface area contributed by atoms with E-state index >= 15 is 0 Å². The fourth-order valence-corrected chi connectivity index (χ4v) is 4.33. The van der Waals surface area contributed by atoms with E-state index in [1.165, 1.54) is 0 Å². The van der Waals surface area contributed by atoms with Gasteiger partial charge < -0.3 is 14.0 Å². The van der Waals surface area contributed by atoms with Crippen molar-refractivity contribution < 1.29 is 9.53 Å². The highest BCUT2D eigenvalue weighted by atomic mass is 16.5. The number of aromatic nitrogens is 3. The highest BCUT2D eigenvalue weighted by molar-refractivity contribution is 5.96. The van der Waals surface area contributed by atoms with Crippen LogP contribution in [0.4, 0.5) is 0 Å². The zero-order valence-corrected chi connectivity index (χ0v) is 16.9. The summed E-state index contributed by atoms with van der Waals surface area (Å²) in [6.07, 6.45) is 10.2. The largest absolute Gasteiger partial charge is 0.470 e. The summed E-state index contributed by atoms with van der Waals surface area (Å²) in [4.78, 5) is 24.1. The molecule has 0 spiro atoms. The van der Waals surface area contributed by atoms with Crippen molar-refractivity contribution in [1.82, 2.24) is 19.3 Å². The van der Waals surface area contributed by atoms with Crippen LogP contribution in [0.15, 0.2) is 49.1 Å². The second-order valence-electron chi connectivity index (χ2n) is 8.25. The Morgan fingerprint density at radius 2 is 1.97 bits per heavy atom. The van der Waals surface area contributed by atoms with Crippen LogP contribution in [0, 0.1) is 11.3 Å². The van der Waals surface area contributed by atoms with Crippen LogP contribution in [0.1, 0.15) is 48.5 Å². The van der Waals surface area contributed by atoms with Gasteiger partial charge in [0.25, 0.3) is 11.8 Å². The Morgan fingerprint density at radius 1 is 1.20 bits per heavy atom. The SMILES string of the molecule is C[C@@H]1CC[C@@H](Oc2nccn3ccnc23)CN1C(=O)c1ccccc1C1(C#N)CC1. The van der Waals surface area contributed by atoms with Crippen molar-refractivity contribution in [2.45, 2.75) is 50.2 Å². The summed E-state index contributed by atoms with van der Waals surface area (Å²) in [6.45, 7) is 2.55. The van der Waals surface area contributed by atoms with Crippen LogP contribution in [-0.4, -0.2) is 43.9 Å². The Bertz CT molecular complexity index is 1140. The van der Waals surface area contributed by atoms with Crippen LogP contribution < -0.4 is 4.74 Å². The predicted molar refractivity (Wildman–Crippen MR) is 110 cm³/mol. The highest BCUT2D eigenvalue weighted by Crippen LogP contribution is 2.49. The maximum Gasteiger partial charge on any atom is 0.258 e. The van der Waals surface area contributed by atoms with Crippen LogP contribution in [0.25, 0.3) is 5.65 Å². The molecule has 0 unspecified atom stereocenters. The van der Waals surface area contributed by atoms with E-state index in [-0.39, 0.29) is 18.1 Å². The molecule has 1 aliphatic heterocycles. The molecule has 7 heteroatoms. The maximum absolute atomic E-state index is 13.5. The molecule has 2 fully saturated rings. The minimum atomic E-state index is -0.499. The van der Waals surface area contributed by atoms with Crippen molar-refractivity contribution in [3.05, 3.63) is 60.2 Å². The highest BCUT2D eigenvalue weighted by Gasteiger charge is 2.47. The van der Waals surface area contributed by atoms with Gasteiger partial charge in [0.1, 0.15) is 6.10 Å². The van der Waals surface area contributed by atoms with Crippen LogP contribution in [0.5, 0.6) is 5.88 Å². The number of nitriles is 1. The zero-order valence-electron chi connectivity index (χ0n) is 16.9. The van der Waals surface area contributed by atoms with E-state index in [1.807, 2.05) is 46.0 Å². The lowest BCUT2D eigenvalue weighted by Crippen LogP contribution is -2.49. The number of hydrogen-bond donors (Lipinski definition) is 0. The van der Waals surface area contributed by atoms with Gasteiger partial charge in [0.2, 0.25) is 0 Å². The van der Waals surface area contributed by atoms with E-state index in [4.69, 9.17) is 4.74 Å². The van der Waals surface area contributed by atoms with Gasteiger partial charge in [0.05, 0.1) is 18.0 Å². The molecule has 5 rings (SSSR count). The third kappa shape index (κ3) is 3.09. The van der Waals surface area contributed by atoms with E-state index in [0.717, 1.165) is 31.2 Å². The van der Waals surface area contributed by atoms with Crippen molar-refractivity contribution in [2.75, 3.05) is 6.54 Å². The van der Waals surface area contributed by atoms with Gasteiger partial charge >= 0.3 is 0 Å². The molecule has 1 saturated carbocycles. The van der Waals surface area contributed by atoms with Crippen molar-refractivity contribution in [2.24, 2.45) is 0 Å². The molecular formula is C23H23N5O2. The number of rotatable bonds is 4. The molecule has 3 aromatic rings. The number of piperidine rings is 1. The number of imidazole rings is 1. The van der Waals surface area contributed by atoms with Crippen molar-refractivity contribution >= 4 is 11.6 Å². The monoisotopic (exact) mass is 401 g/mol. The Morgan fingerprint density at radius 3 is 2.73 bits per heavy atom. The number of hydrogen-bond acceptors (Lipinski definition) is 5. The topological polar surface area (TPSA) is 83.5 Å². The lowest BCUT2D eigenvalue weighted by atomic mass is 9.91. The summed E-state index contributed by atoms with van der Waals surface area (Å²) in [6, 6.07) is 10.1. The number of nitrogens with zero attached hydrogens (tertiary/aromatic N) is 5. The first-order valence-corrected chi connectivity index (χ1v) is 10.4. The fourth-order valence-electron chi connectivity index (χ4n) is 4.33. The Kier molecular flexibility index (Phi) is 4.43. The Labute approximate surface area is 174 Å². The van der Waals surface area contributed by atoms with E-state index in [1.54, 1.807) is 12.4 Å². The van der Waals surface area contributed by atoms with Gasteiger partial charge in [-0.3, -0.25) is 4.79 Å². The summed E-state index contributed by atoms with van der Waals surface area (Å²) in [5, 5.41) is 9.64. The molecule has 2 atom stereocenters. The van der Waals surface area contributed by atoms with Gasteiger partial charge in [-0.15, -0.1) is 0 Å². The van der Waals surface area contributed by atoms with Crippen LogP contribution >= 0.6 is 0 Å². The quantitative estimate of drug-likeness (QED) is 0.669. The first kappa shape index (κ1) is 18.6. The van der Waals surface area contributed by atoms with Crippen LogP contribution in [-0.2, 0) is 5.41 Å². The second kappa shape index (κ2) is 7.13. The molecular weight excluding hydrogens is 378 g/mol. The van der Waals surface area contributed by atoms with Gasteiger partial charge in [-0.2, -0.15) is 5.26 Å². The van der Waals surface area contributed by atoms with Crippen molar-refractivity contribution in [1.29, 1.82) is 5.26 Å². The molecule has 1 aliphatic carbocycles. The summed E-state index contributed by atoms with van der Waals surface area (Å²) in [5.74, 6) is 0.455. The van der Waals surface area contributed by atoms with Gasteiger partial charge in [-0.1, -0.05) is 18.2 Å². The normalized spacial score (nSPS) is 22.5. The molecule has 2 aromatic heterocycles. The predicted octanol–water partition coefficient (Wildman–Crippen LogP) is 3.36. The molecule has 2 aliphatic rings. The summed E-state index contributed by atoms with van der Waals surface area (Å²) < 4.78 is 8.05. The lowest BCUT2D eigenvalue weighted by molar-refractivity contribution is 0.0374. The smallest absolute Gasteiger partial charge is 0.258 e. The van der Waals surface area contributed by atoms with E-state index < -0.39 is 5.41 Å². The fraction of sp³-hybridized carbons (Fsp3) is 0.391. The Hall–Kier alpha value is -3.40. The van der Waals surface area contributed by atoms with E-state index in [0.29, 0.717) is 23.6 Å². The van der Waals surface area contributed by atoms with Gasteiger partial charge in [0, 0.05) is 36.4 Å². The molecule has 1 aromatic carbocycles. The Balaban J connectivity index is 1.39. The summed E-state index contributed by atoms with van der Waals surface area (Å²) >= 11 is 0. The molecule has 30 heavy (non-hydrogen) atoms. The third-order valence-corrected chi connectivity index (χ3v) is 6.29. The zero-order chi connectivity index (χ0) is 20.7. The van der Waals surface area contributed by atoms with E-state index in [2.05, 4.69) is 23.0 Å². The number of ether oxygens (including phenoxy) is 1.